The number of esters is 1. The van der Waals surface area contributed by atoms with E-state index in [0.29, 0.717) is 15.4 Å². The molecule has 6 nitrogen and oxygen atoms in total. The van der Waals surface area contributed by atoms with Crippen molar-refractivity contribution in [2.24, 2.45) is 0 Å². The first kappa shape index (κ1) is 18.8. The van der Waals surface area contributed by atoms with Crippen LogP contribution in [0.2, 0.25) is 0 Å². The number of para-hydroxylation sites is 1. The molecule has 7 heteroatoms. The number of rotatable bonds is 4. The summed E-state index contributed by atoms with van der Waals surface area (Å²) in [6.07, 6.45) is 3.32. The number of carbonyl (C=O) groups excluding carboxylic acids is 2. The van der Waals surface area contributed by atoms with Crippen molar-refractivity contribution in [2.45, 2.75) is 25.9 Å². The first-order valence-corrected chi connectivity index (χ1v) is 10.3. The molecule has 0 atom stereocenters. The molecular formula is C21H24N3O3S+. The number of ether oxygens (including phenoxy) is 1. The molecule has 28 heavy (non-hydrogen) atoms. The van der Waals surface area contributed by atoms with E-state index in [0.717, 1.165) is 41.3 Å². The standard InChI is InChI=1S/C21H23N3O3S/c1-13-18(21(26)27-14-8-10-24(2,3)11-9-14)23-20(28-13)19(25)16-12-22-17-7-5-4-6-15(16)17/h4-7,12,14H,8-11H2,1-3H3/p+1. The fourth-order valence-corrected chi connectivity index (χ4v) is 4.48. The van der Waals surface area contributed by atoms with Crippen molar-refractivity contribution in [1.82, 2.24) is 9.97 Å². The Balaban J connectivity index is 1.52. The van der Waals surface area contributed by atoms with E-state index >= 15 is 0 Å². The van der Waals surface area contributed by atoms with Gasteiger partial charge < -0.3 is 14.2 Å². The minimum absolute atomic E-state index is 0.0764. The van der Waals surface area contributed by atoms with E-state index in [1.165, 1.54) is 11.3 Å². The van der Waals surface area contributed by atoms with Gasteiger partial charge in [-0.1, -0.05) is 18.2 Å². The number of hydrogen-bond acceptors (Lipinski definition) is 5. The summed E-state index contributed by atoms with van der Waals surface area (Å²) < 4.78 is 6.63. The van der Waals surface area contributed by atoms with Crippen LogP contribution in [-0.4, -0.2) is 59.5 Å². The number of piperidine rings is 1. The molecule has 1 fully saturated rings. The van der Waals surface area contributed by atoms with Gasteiger partial charge >= 0.3 is 5.97 Å². The zero-order chi connectivity index (χ0) is 19.9. The third-order valence-electron chi connectivity index (χ3n) is 5.40. The highest BCUT2D eigenvalue weighted by Crippen LogP contribution is 2.26. The van der Waals surface area contributed by atoms with Gasteiger partial charge in [-0.25, -0.2) is 9.78 Å². The Kier molecular flexibility index (Phi) is 4.81. The first-order chi connectivity index (χ1) is 13.3. The molecule has 4 rings (SSSR count). The second-order valence-corrected chi connectivity index (χ2v) is 9.19. The summed E-state index contributed by atoms with van der Waals surface area (Å²) in [7, 11) is 4.37. The Morgan fingerprint density at radius 1 is 1.21 bits per heavy atom. The molecule has 1 N–H and O–H groups in total. The molecular weight excluding hydrogens is 374 g/mol. The monoisotopic (exact) mass is 398 g/mol. The van der Waals surface area contributed by atoms with Crippen LogP contribution in [0.25, 0.3) is 10.9 Å². The van der Waals surface area contributed by atoms with Crippen LogP contribution < -0.4 is 0 Å². The molecule has 0 amide bonds. The molecule has 0 aliphatic carbocycles. The molecule has 146 valence electrons. The summed E-state index contributed by atoms with van der Waals surface area (Å²) in [4.78, 5) is 33.7. The fourth-order valence-electron chi connectivity index (χ4n) is 3.63. The van der Waals surface area contributed by atoms with Crippen LogP contribution in [0.3, 0.4) is 0 Å². The van der Waals surface area contributed by atoms with E-state index in [-0.39, 0.29) is 17.6 Å². The number of fused-ring (bicyclic) bond motifs is 1. The number of nitrogens with zero attached hydrogens (tertiary/aromatic N) is 2. The largest absolute Gasteiger partial charge is 0.457 e. The van der Waals surface area contributed by atoms with Crippen molar-refractivity contribution in [3.05, 3.63) is 51.6 Å². The van der Waals surface area contributed by atoms with Crippen molar-refractivity contribution in [3.63, 3.8) is 0 Å². The predicted octanol–water partition coefficient (Wildman–Crippen LogP) is 3.56. The van der Waals surface area contributed by atoms with E-state index in [2.05, 4.69) is 24.1 Å². The number of likely N-dealkylation sites (tertiary alicyclic amines) is 1. The lowest BCUT2D eigenvalue weighted by Gasteiger charge is -2.36. The van der Waals surface area contributed by atoms with Gasteiger partial charge in [0.25, 0.3) is 0 Å². The smallest absolute Gasteiger partial charge is 0.358 e. The molecule has 1 aromatic carbocycles. The van der Waals surface area contributed by atoms with E-state index in [1.54, 1.807) is 13.1 Å². The number of ketones is 1. The topological polar surface area (TPSA) is 72.0 Å². The van der Waals surface area contributed by atoms with E-state index in [1.807, 2.05) is 24.3 Å². The molecule has 0 bridgehead atoms. The van der Waals surface area contributed by atoms with Crippen LogP contribution in [0, 0.1) is 6.92 Å². The van der Waals surface area contributed by atoms with Crippen molar-refractivity contribution >= 4 is 34.0 Å². The van der Waals surface area contributed by atoms with Crippen molar-refractivity contribution in [1.29, 1.82) is 0 Å². The number of H-pyrrole nitrogens is 1. The zero-order valence-electron chi connectivity index (χ0n) is 16.3. The maximum absolute atomic E-state index is 12.9. The van der Waals surface area contributed by atoms with Crippen molar-refractivity contribution in [3.8, 4) is 0 Å². The summed E-state index contributed by atoms with van der Waals surface area (Å²) in [5, 5.41) is 1.17. The normalized spacial score (nSPS) is 17.0. The number of aryl methyl sites for hydroxylation is 1. The fraction of sp³-hybridized carbons (Fsp3) is 0.381. The van der Waals surface area contributed by atoms with Crippen LogP contribution in [0.15, 0.2) is 30.5 Å². The van der Waals surface area contributed by atoms with Gasteiger partial charge in [0.05, 0.1) is 32.7 Å². The summed E-state index contributed by atoms with van der Waals surface area (Å²) >= 11 is 1.24. The highest BCUT2D eigenvalue weighted by atomic mass is 32.1. The van der Waals surface area contributed by atoms with Gasteiger partial charge in [-0.3, -0.25) is 4.79 Å². The number of benzene rings is 1. The molecule has 1 aliphatic rings. The van der Waals surface area contributed by atoms with Crippen LogP contribution in [0.1, 0.15) is 43.6 Å². The van der Waals surface area contributed by atoms with Crippen molar-refractivity contribution < 1.29 is 18.8 Å². The number of hydrogen-bond donors (Lipinski definition) is 1. The average Bonchev–Trinajstić information content (AvgIpc) is 3.26. The SMILES string of the molecule is Cc1sc(C(=O)c2c[nH]c3ccccc23)nc1C(=O)OC1CC[N+](C)(C)CC1. The summed E-state index contributed by atoms with van der Waals surface area (Å²) in [6.45, 7) is 3.78. The molecule has 1 saturated heterocycles. The summed E-state index contributed by atoms with van der Waals surface area (Å²) in [6, 6.07) is 7.64. The molecule has 3 aromatic rings. The van der Waals surface area contributed by atoms with E-state index < -0.39 is 5.97 Å². The first-order valence-electron chi connectivity index (χ1n) is 9.45. The van der Waals surface area contributed by atoms with E-state index in [4.69, 9.17) is 4.74 Å². The van der Waals surface area contributed by atoms with Crippen LogP contribution >= 0.6 is 11.3 Å². The maximum Gasteiger partial charge on any atom is 0.358 e. The van der Waals surface area contributed by atoms with Gasteiger partial charge in [0.1, 0.15) is 6.10 Å². The average molecular weight is 399 g/mol. The lowest BCUT2D eigenvalue weighted by molar-refractivity contribution is -0.896. The number of nitrogens with one attached hydrogen (secondary N) is 1. The third-order valence-corrected chi connectivity index (χ3v) is 6.37. The number of aromatic amines is 1. The minimum atomic E-state index is -0.427. The zero-order valence-corrected chi connectivity index (χ0v) is 17.1. The van der Waals surface area contributed by atoms with Gasteiger partial charge in [-0.2, -0.15) is 0 Å². The van der Waals surface area contributed by atoms with Gasteiger partial charge in [0.15, 0.2) is 10.7 Å². The Morgan fingerprint density at radius 2 is 1.93 bits per heavy atom. The third kappa shape index (κ3) is 3.59. The second-order valence-electron chi connectivity index (χ2n) is 7.99. The van der Waals surface area contributed by atoms with Crippen molar-refractivity contribution in [2.75, 3.05) is 27.2 Å². The molecule has 0 unspecified atom stereocenters. The van der Waals surface area contributed by atoms with Gasteiger partial charge in [-0.05, 0) is 13.0 Å². The number of thiazole rings is 1. The maximum atomic E-state index is 12.9. The highest BCUT2D eigenvalue weighted by molar-refractivity contribution is 7.14. The highest BCUT2D eigenvalue weighted by Gasteiger charge is 2.30. The van der Waals surface area contributed by atoms with Gasteiger partial charge in [0, 0.05) is 34.8 Å². The minimum Gasteiger partial charge on any atom is -0.457 e. The molecule has 2 aromatic heterocycles. The van der Waals surface area contributed by atoms with Gasteiger partial charge in [-0.15, -0.1) is 11.3 Å². The predicted molar refractivity (Wildman–Crippen MR) is 109 cm³/mol. The quantitative estimate of drug-likeness (QED) is 0.414. The molecule has 1 aliphatic heterocycles. The Morgan fingerprint density at radius 3 is 2.68 bits per heavy atom. The Labute approximate surface area is 167 Å². The van der Waals surface area contributed by atoms with Crippen LogP contribution in [-0.2, 0) is 4.74 Å². The Bertz CT molecular complexity index is 1040. The lowest BCUT2D eigenvalue weighted by Crippen LogP contribution is -2.48. The lowest BCUT2D eigenvalue weighted by atomic mass is 10.1. The Hall–Kier alpha value is -2.51. The van der Waals surface area contributed by atoms with Gasteiger partial charge in [0.2, 0.25) is 5.78 Å². The molecule has 3 heterocycles. The van der Waals surface area contributed by atoms with Crippen LogP contribution in [0.5, 0.6) is 0 Å². The second kappa shape index (κ2) is 7.14. The number of aromatic nitrogens is 2. The molecule has 0 spiro atoms. The molecule has 0 radical (unpaired) electrons. The van der Waals surface area contributed by atoms with E-state index in [9.17, 15) is 9.59 Å². The summed E-state index contributed by atoms with van der Waals surface area (Å²) in [5.74, 6) is -0.606. The summed E-state index contributed by atoms with van der Waals surface area (Å²) in [5.41, 5.74) is 1.72. The number of quaternary nitrogens is 1. The molecule has 0 saturated carbocycles. The van der Waals surface area contributed by atoms with Crippen LogP contribution in [0.4, 0.5) is 0 Å². The number of carbonyl (C=O) groups is 2.